The number of carbonyl (C=O) groups excluding carboxylic acids is 1. The molecule has 3 nitrogen and oxygen atoms in total. The molecule has 0 amide bonds. The van der Waals surface area contributed by atoms with Crippen molar-refractivity contribution in [2.75, 3.05) is 13.2 Å². The van der Waals surface area contributed by atoms with Crippen LogP contribution in [0.3, 0.4) is 0 Å². The van der Waals surface area contributed by atoms with Gasteiger partial charge in [0.05, 0.1) is 13.2 Å². The molecule has 1 saturated heterocycles. The van der Waals surface area contributed by atoms with Crippen LogP contribution in [0.4, 0.5) is 0 Å². The zero-order valence-electron chi connectivity index (χ0n) is 9.25. The monoisotopic (exact) mass is 210 g/mol. The molecule has 0 N–H and O–H groups in total. The number of Topliss-reactive ketones (excluding diaryl/α,β-unsaturated/α-hetero) is 1. The first-order valence-electron chi connectivity index (χ1n) is 5.96. The van der Waals surface area contributed by atoms with E-state index < -0.39 is 0 Å². The molecule has 0 aromatic carbocycles. The molecule has 84 valence electrons. The lowest BCUT2D eigenvalue weighted by molar-refractivity contribution is -0.201. The van der Waals surface area contributed by atoms with E-state index in [-0.39, 0.29) is 11.2 Å². The molecule has 1 spiro atoms. The Morgan fingerprint density at radius 3 is 2.73 bits per heavy atom. The number of hydrogen-bond donors (Lipinski definition) is 0. The Bertz CT molecular complexity index is 293. The smallest absolute Gasteiger partial charge is 0.168 e. The van der Waals surface area contributed by atoms with Gasteiger partial charge in [0.1, 0.15) is 5.78 Å². The Morgan fingerprint density at radius 1 is 1.27 bits per heavy atom. The first-order valence-corrected chi connectivity index (χ1v) is 5.96. The summed E-state index contributed by atoms with van der Waals surface area (Å²) in [7, 11) is 0. The minimum Gasteiger partial charge on any atom is -0.348 e. The van der Waals surface area contributed by atoms with Crippen LogP contribution in [0.2, 0.25) is 0 Å². The van der Waals surface area contributed by atoms with Crippen LogP contribution in [-0.2, 0) is 14.3 Å². The molecule has 3 aliphatic rings. The molecule has 1 heterocycles. The van der Waals surface area contributed by atoms with Crippen LogP contribution < -0.4 is 0 Å². The van der Waals surface area contributed by atoms with Gasteiger partial charge in [-0.2, -0.15) is 0 Å². The van der Waals surface area contributed by atoms with Crippen molar-refractivity contribution < 1.29 is 14.3 Å². The minimum atomic E-state index is -0.325. The highest BCUT2D eigenvalue weighted by Gasteiger charge is 2.55. The maximum atomic E-state index is 11.9. The summed E-state index contributed by atoms with van der Waals surface area (Å²) in [6, 6.07) is 0. The topological polar surface area (TPSA) is 35.5 Å². The summed E-state index contributed by atoms with van der Waals surface area (Å²) >= 11 is 0. The molecule has 1 aliphatic heterocycles. The van der Waals surface area contributed by atoms with Gasteiger partial charge in [-0.15, -0.1) is 0 Å². The summed E-state index contributed by atoms with van der Waals surface area (Å²) in [6.07, 6.45) is 4.55. The van der Waals surface area contributed by atoms with E-state index in [4.69, 9.17) is 9.47 Å². The van der Waals surface area contributed by atoms with Crippen LogP contribution in [0.25, 0.3) is 0 Å². The maximum Gasteiger partial charge on any atom is 0.168 e. The summed E-state index contributed by atoms with van der Waals surface area (Å²) in [5.74, 6) is 0.617. The minimum absolute atomic E-state index is 0.0689. The Balaban J connectivity index is 1.82. The van der Waals surface area contributed by atoms with Gasteiger partial charge in [0.2, 0.25) is 0 Å². The van der Waals surface area contributed by atoms with E-state index in [1.165, 1.54) is 0 Å². The fraction of sp³-hybridized carbons (Fsp3) is 0.917. The SMILES string of the molecule is CC12CCC3(CC1CCC2=O)OCCO3. The van der Waals surface area contributed by atoms with E-state index in [1.807, 2.05) is 0 Å². The second kappa shape index (κ2) is 3.05. The fourth-order valence-electron chi connectivity index (χ4n) is 3.49. The van der Waals surface area contributed by atoms with Crippen molar-refractivity contribution in [2.24, 2.45) is 11.3 Å². The lowest BCUT2D eigenvalue weighted by Crippen LogP contribution is -2.44. The molecule has 2 aliphatic carbocycles. The summed E-state index contributed by atoms with van der Waals surface area (Å²) in [5, 5.41) is 0. The molecule has 2 atom stereocenters. The maximum absolute atomic E-state index is 11.9. The van der Waals surface area contributed by atoms with Crippen molar-refractivity contribution in [1.82, 2.24) is 0 Å². The van der Waals surface area contributed by atoms with Gasteiger partial charge in [-0.05, 0) is 18.8 Å². The molecule has 0 radical (unpaired) electrons. The molecule has 3 rings (SSSR count). The largest absolute Gasteiger partial charge is 0.348 e. The van der Waals surface area contributed by atoms with Crippen LogP contribution in [-0.4, -0.2) is 24.8 Å². The zero-order valence-corrected chi connectivity index (χ0v) is 9.25. The van der Waals surface area contributed by atoms with Crippen molar-refractivity contribution in [1.29, 1.82) is 0 Å². The van der Waals surface area contributed by atoms with Crippen molar-refractivity contribution in [2.45, 2.75) is 44.8 Å². The molecular formula is C12H18O3. The lowest BCUT2D eigenvalue weighted by Gasteiger charge is -2.43. The van der Waals surface area contributed by atoms with Crippen LogP contribution in [0.5, 0.6) is 0 Å². The first-order chi connectivity index (χ1) is 7.15. The average molecular weight is 210 g/mol. The summed E-state index contributed by atoms with van der Waals surface area (Å²) in [4.78, 5) is 11.9. The highest BCUT2D eigenvalue weighted by Crippen LogP contribution is 2.54. The predicted molar refractivity (Wildman–Crippen MR) is 54.3 cm³/mol. The van der Waals surface area contributed by atoms with Gasteiger partial charge in [0.15, 0.2) is 5.79 Å². The Morgan fingerprint density at radius 2 is 2.00 bits per heavy atom. The van der Waals surface area contributed by atoms with Crippen molar-refractivity contribution in [3.63, 3.8) is 0 Å². The van der Waals surface area contributed by atoms with Gasteiger partial charge in [-0.3, -0.25) is 4.79 Å². The van der Waals surface area contributed by atoms with Crippen molar-refractivity contribution >= 4 is 5.78 Å². The van der Waals surface area contributed by atoms with Crippen LogP contribution >= 0.6 is 0 Å². The van der Waals surface area contributed by atoms with Gasteiger partial charge in [0, 0.05) is 24.7 Å². The summed E-state index contributed by atoms with van der Waals surface area (Å²) < 4.78 is 11.5. The number of hydrogen-bond acceptors (Lipinski definition) is 3. The van der Waals surface area contributed by atoms with Crippen LogP contribution in [0.1, 0.15) is 39.0 Å². The third-order valence-corrected chi connectivity index (χ3v) is 4.65. The number of fused-ring (bicyclic) bond motifs is 1. The van der Waals surface area contributed by atoms with E-state index in [9.17, 15) is 4.79 Å². The number of ether oxygens (including phenoxy) is 2. The highest BCUT2D eigenvalue weighted by atomic mass is 16.7. The Labute approximate surface area is 90.1 Å². The van der Waals surface area contributed by atoms with E-state index in [0.717, 1.165) is 45.3 Å². The number of ketones is 1. The molecule has 0 aromatic heterocycles. The molecule has 3 heteroatoms. The van der Waals surface area contributed by atoms with Gasteiger partial charge in [-0.1, -0.05) is 6.92 Å². The van der Waals surface area contributed by atoms with Crippen LogP contribution in [0.15, 0.2) is 0 Å². The summed E-state index contributed by atoms with van der Waals surface area (Å²) in [6.45, 7) is 3.57. The first kappa shape index (κ1) is 9.79. The fourth-order valence-corrected chi connectivity index (χ4v) is 3.49. The van der Waals surface area contributed by atoms with E-state index >= 15 is 0 Å². The van der Waals surface area contributed by atoms with Crippen molar-refractivity contribution in [3.05, 3.63) is 0 Å². The molecule has 15 heavy (non-hydrogen) atoms. The third-order valence-electron chi connectivity index (χ3n) is 4.65. The van der Waals surface area contributed by atoms with E-state index in [1.54, 1.807) is 0 Å². The molecule has 3 fully saturated rings. The van der Waals surface area contributed by atoms with Crippen molar-refractivity contribution in [3.8, 4) is 0 Å². The van der Waals surface area contributed by atoms with E-state index in [2.05, 4.69) is 6.92 Å². The molecule has 2 unspecified atom stereocenters. The van der Waals surface area contributed by atoms with Gasteiger partial charge in [0.25, 0.3) is 0 Å². The lowest BCUT2D eigenvalue weighted by atomic mass is 9.67. The Hall–Kier alpha value is -0.410. The molecule has 2 saturated carbocycles. The zero-order chi connectivity index (χ0) is 10.5. The summed E-state index contributed by atoms with van der Waals surface area (Å²) in [5.41, 5.74) is -0.0689. The molecular weight excluding hydrogens is 192 g/mol. The number of carbonyl (C=O) groups is 1. The highest BCUT2D eigenvalue weighted by molar-refractivity contribution is 5.87. The molecule has 0 bridgehead atoms. The second-order valence-corrected chi connectivity index (χ2v) is 5.39. The second-order valence-electron chi connectivity index (χ2n) is 5.39. The third kappa shape index (κ3) is 1.29. The van der Waals surface area contributed by atoms with Gasteiger partial charge >= 0.3 is 0 Å². The Kier molecular flexibility index (Phi) is 1.99. The van der Waals surface area contributed by atoms with Gasteiger partial charge < -0.3 is 9.47 Å². The standard InChI is InChI=1S/C12H18O3/c1-11-4-5-12(14-6-7-15-12)8-9(11)2-3-10(11)13/h9H,2-8H2,1H3. The average Bonchev–Trinajstić information content (AvgIpc) is 2.78. The quantitative estimate of drug-likeness (QED) is 0.612. The molecule has 0 aromatic rings. The normalized spacial score (nSPS) is 43.5. The number of rotatable bonds is 0. The van der Waals surface area contributed by atoms with Crippen LogP contribution in [0, 0.1) is 11.3 Å². The van der Waals surface area contributed by atoms with E-state index in [0.29, 0.717) is 11.7 Å². The predicted octanol–water partition coefficient (Wildman–Crippen LogP) is 1.90. The van der Waals surface area contributed by atoms with Gasteiger partial charge in [-0.25, -0.2) is 0 Å².